The molecule has 1 aliphatic heterocycles. The third kappa shape index (κ3) is 3.12. The largest absolute Gasteiger partial charge is 0.448 e. The Balaban J connectivity index is 1.23. The van der Waals surface area contributed by atoms with Crippen molar-refractivity contribution in [1.82, 2.24) is 9.38 Å². The van der Waals surface area contributed by atoms with E-state index in [0.29, 0.717) is 11.4 Å². The Labute approximate surface area is 160 Å². The van der Waals surface area contributed by atoms with Gasteiger partial charge in [-0.25, -0.2) is 4.98 Å². The van der Waals surface area contributed by atoms with Crippen molar-refractivity contribution in [3.05, 3.63) is 48.8 Å². The van der Waals surface area contributed by atoms with Crippen molar-refractivity contribution >= 4 is 28.9 Å². The van der Waals surface area contributed by atoms with E-state index < -0.39 is 5.79 Å². The molecule has 1 spiro atoms. The number of anilines is 1. The number of thioether (sulfide) groups is 1. The van der Waals surface area contributed by atoms with Crippen LogP contribution in [0.1, 0.15) is 25.7 Å². The van der Waals surface area contributed by atoms with E-state index in [4.69, 9.17) is 9.47 Å². The molecule has 138 valence electrons. The molecule has 6 nitrogen and oxygen atoms in total. The maximum atomic E-state index is 12.4. The summed E-state index contributed by atoms with van der Waals surface area (Å²) in [5.74, 6) is 1.19. The van der Waals surface area contributed by atoms with Crippen molar-refractivity contribution in [3.8, 4) is 11.5 Å². The third-order valence-electron chi connectivity index (χ3n) is 4.92. The summed E-state index contributed by atoms with van der Waals surface area (Å²) in [6.45, 7) is 0. The Morgan fingerprint density at radius 3 is 2.93 bits per heavy atom. The Hall–Kier alpha value is -2.67. The molecule has 2 aliphatic rings. The zero-order valence-corrected chi connectivity index (χ0v) is 15.5. The van der Waals surface area contributed by atoms with E-state index in [-0.39, 0.29) is 11.7 Å². The molecule has 1 aliphatic carbocycles. The lowest BCUT2D eigenvalue weighted by atomic mass is 10.2. The quantitative estimate of drug-likeness (QED) is 0.689. The first-order chi connectivity index (χ1) is 13.2. The lowest BCUT2D eigenvalue weighted by Gasteiger charge is -2.21. The van der Waals surface area contributed by atoms with E-state index in [0.717, 1.165) is 42.1 Å². The summed E-state index contributed by atoms with van der Waals surface area (Å²) < 4.78 is 14.0. The fourth-order valence-corrected chi connectivity index (χ4v) is 4.41. The number of hydrogen-bond donors (Lipinski definition) is 1. The zero-order valence-electron chi connectivity index (χ0n) is 14.7. The number of ether oxygens (including phenoxy) is 2. The summed E-state index contributed by atoms with van der Waals surface area (Å²) in [7, 11) is 0. The molecule has 3 aromatic rings. The molecular weight excluding hydrogens is 362 g/mol. The SMILES string of the molecule is O=C(CSc1ncc2ccccn12)Nc1ccc2c(c1)OC1(CCCC1)O2. The summed E-state index contributed by atoms with van der Waals surface area (Å²) in [4.78, 5) is 16.7. The van der Waals surface area contributed by atoms with E-state index in [9.17, 15) is 4.79 Å². The first-order valence-corrected chi connectivity index (χ1v) is 10.1. The van der Waals surface area contributed by atoms with Gasteiger partial charge in [0.2, 0.25) is 5.91 Å². The highest BCUT2D eigenvalue weighted by Gasteiger charge is 2.44. The van der Waals surface area contributed by atoms with Crippen molar-refractivity contribution in [3.63, 3.8) is 0 Å². The fraction of sp³-hybridized carbons (Fsp3) is 0.300. The number of fused-ring (bicyclic) bond motifs is 2. The summed E-state index contributed by atoms with van der Waals surface area (Å²) in [5.41, 5.74) is 1.72. The Bertz CT molecular complexity index is 1010. The van der Waals surface area contributed by atoms with Crippen LogP contribution in [-0.2, 0) is 4.79 Å². The van der Waals surface area contributed by atoms with Gasteiger partial charge in [0, 0.05) is 30.8 Å². The van der Waals surface area contributed by atoms with Gasteiger partial charge < -0.3 is 14.8 Å². The third-order valence-corrected chi connectivity index (χ3v) is 5.89. The van der Waals surface area contributed by atoms with Crippen LogP contribution in [0.2, 0.25) is 0 Å². The van der Waals surface area contributed by atoms with Crippen molar-refractivity contribution in [2.24, 2.45) is 0 Å². The Kier molecular flexibility index (Phi) is 3.97. The number of hydrogen-bond acceptors (Lipinski definition) is 5. The summed E-state index contributed by atoms with van der Waals surface area (Å²) in [6.07, 6.45) is 7.82. The van der Waals surface area contributed by atoms with E-state index in [1.807, 2.05) is 47.0 Å². The second-order valence-electron chi connectivity index (χ2n) is 6.86. The van der Waals surface area contributed by atoms with Crippen LogP contribution >= 0.6 is 11.8 Å². The van der Waals surface area contributed by atoms with Gasteiger partial charge in [0.15, 0.2) is 16.7 Å². The second kappa shape index (κ2) is 6.49. The fourth-order valence-electron chi connectivity index (χ4n) is 3.64. The van der Waals surface area contributed by atoms with Gasteiger partial charge in [-0.15, -0.1) is 0 Å². The molecule has 0 unspecified atom stereocenters. The first kappa shape index (κ1) is 16.5. The van der Waals surface area contributed by atoms with Crippen LogP contribution in [0.25, 0.3) is 5.52 Å². The molecule has 27 heavy (non-hydrogen) atoms. The van der Waals surface area contributed by atoms with E-state index >= 15 is 0 Å². The lowest BCUT2D eigenvalue weighted by molar-refractivity contribution is -0.113. The van der Waals surface area contributed by atoms with Crippen LogP contribution in [0, 0.1) is 0 Å². The van der Waals surface area contributed by atoms with Gasteiger partial charge in [-0.2, -0.15) is 0 Å². The number of amides is 1. The summed E-state index contributed by atoms with van der Waals surface area (Å²) >= 11 is 1.41. The molecule has 0 atom stereocenters. The number of rotatable bonds is 4. The maximum Gasteiger partial charge on any atom is 0.251 e. The predicted molar refractivity (Wildman–Crippen MR) is 103 cm³/mol. The van der Waals surface area contributed by atoms with Gasteiger partial charge in [0.05, 0.1) is 17.5 Å². The average Bonchev–Trinajstić information content (AvgIpc) is 3.38. The molecule has 1 amide bonds. The molecular formula is C20H19N3O3S. The molecule has 1 N–H and O–H groups in total. The minimum Gasteiger partial charge on any atom is -0.448 e. The van der Waals surface area contributed by atoms with Crippen LogP contribution in [0.5, 0.6) is 11.5 Å². The zero-order chi connectivity index (χ0) is 18.3. The Morgan fingerprint density at radius 1 is 1.19 bits per heavy atom. The number of nitrogens with one attached hydrogen (secondary N) is 1. The average molecular weight is 381 g/mol. The van der Waals surface area contributed by atoms with Crippen LogP contribution in [0.15, 0.2) is 53.9 Å². The minimum absolute atomic E-state index is 0.0814. The van der Waals surface area contributed by atoms with Crippen molar-refractivity contribution in [1.29, 1.82) is 0 Å². The smallest absolute Gasteiger partial charge is 0.251 e. The molecule has 0 saturated heterocycles. The number of carbonyl (C=O) groups is 1. The molecule has 1 aromatic carbocycles. The van der Waals surface area contributed by atoms with E-state index in [1.54, 1.807) is 6.20 Å². The molecule has 3 heterocycles. The molecule has 5 rings (SSSR count). The Morgan fingerprint density at radius 2 is 2.04 bits per heavy atom. The highest BCUT2D eigenvalue weighted by molar-refractivity contribution is 7.99. The molecule has 1 fully saturated rings. The van der Waals surface area contributed by atoms with Gasteiger partial charge in [0.25, 0.3) is 5.79 Å². The molecule has 0 radical (unpaired) electrons. The van der Waals surface area contributed by atoms with Gasteiger partial charge in [-0.1, -0.05) is 17.8 Å². The summed E-state index contributed by atoms with van der Waals surface area (Å²) in [6, 6.07) is 11.5. The van der Waals surface area contributed by atoms with Crippen LogP contribution in [-0.4, -0.2) is 26.8 Å². The molecule has 1 saturated carbocycles. The number of imidazole rings is 1. The number of nitrogens with zero attached hydrogens (tertiary/aromatic N) is 2. The van der Waals surface area contributed by atoms with E-state index in [1.165, 1.54) is 11.8 Å². The van der Waals surface area contributed by atoms with Crippen LogP contribution in [0.4, 0.5) is 5.69 Å². The normalized spacial score (nSPS) is 16.9. The first-order valence-electron chi connectivity index (χ1n) is 9.08. The van der Waals surface area contributed by atoms with Gasteiger partial charge in [-0.05, 0) is 37.1 Å². The van der Waals surface area contributed by atoms with Gasteiger partial charge in [-0.3, -0.25) is 9.20 Å². The highest BCUT2D eigenvalue weighted by atomic mass is 32.2. The molecule has 0 bridgehead atoms. The monoisotopic (exact) mass is 381 g/mol. The predicted octanol–water partition coefficient (Wildman–Crippen LogP) is 4.11. The van der Waals surface area contributed by atoms with E-state index in [2.05, 4.69) is 10.3 Å². The molecule has 7 heteroatoms. The number of pyridine rings is 1. The van der Waals surface area contributed by atoms with Crippen molar-refractivity contribution in [2.45, 2.75) is 36.6 Å². The van der Waals surface area contributed by atoms with Crippen molar-refractivity contribution < 1.29 is 14.3 Å². The topological polar surface area (TPSA) is 64.9 Å². The van der Waals surface area contributed by atoms with Gasteiger partial charge >= 0.3 is 0 Å². The van der Waals surface area contributed by atoms with Gasteiger partial charge in [0.1, 0.15) is 0 Å². The maximum absolute atomic E-state index is 12.4. The minimum atomic E-state index is -0.484. The summed E-state index contributed by atoms with van der Waals surface area (Å²) in [5, 5.41) is 3.73. The molecule has 2 aromatic heterocycles. The number of benzene rings is 1. The highest BCUT2D eigenvalue weighted by Crippen LogP contribution is 2.47. The van der Waals surface area contributed by atoms with Crippen LogP contribution in [0.3, 0.4) is 0 Å². The number of carbonyl (C=O) groups excluding carboxylic acids is 1. The van der Waals surface area contributed by atoms with Crippen LogP contribution < -0.4 is 14.8 Å². The lowest BCUT2D eigenvalue weighted by Crippen LogP contribution is -2.34. The second-order valence-corrected chi connectivity index (χ2v) is 7.80. The number of aromatic nitrogens is 2. The standard InChI is InChI=1S/C20H19N3O3S/c24-18(13-27-19-21-12-15-5-1-4-10-23(15)19)22-14-6-7-16-17(11-14)26-20(25-16)8-2-3-9-20/h1,4-7,10-12H,2-3,8-9,13H2,(H,22,24). The van der Waals surface area contributed by atoms with Crippen molar-refractivity contribution in [2.75, 3.05) is 11.1 Å².